The van der Waals surface area contributed by atoms with E-state index in [2.05, 4.69) is 58.1 Å². The molecule has 1 unspecified atom stereocenters. The lowest BCUT2D eigenvalue weighted by molar-refractivity contribution is 0.429. The topological polar surface area (TPSA) is 25.2 Å². The first kappa shape index (κ1) is 15.1. The molecule has 0 saturated heterocycles. The van der Waals surface area contributed by atoms with Crippen LogP contribution in [0.15, 0.2) is 28.9 Å². The zero-order valence-corrected chi connectivity index (χ0v) is 13.4. The highest BCUT2D eigenvalue weighted by Gasteiger charge is 2.12. The Balaban J connectivity index is 2.17. The van der Waals surface area contributed by atoms with Crippen molar-refractivity contribution >= 4 is 11.0 Å². The second kappa shape index (κ2) is 6.01. The molecule has 1 heterocycles. The zero-order valence-electron chi connectivity index (χ0n) is 13.4. The van der Waals surface area contributed by atoms with Gasteiger partial charge in [0.2, 0.25) is 0 Å². The SMILES string of the molecule is CCC(C)c1ccc2occ(CCNC(C)(C)C)c2c1. The molecule has 1 atom stereocenters. The minimum Gasteiger partial charge on any atom is -0.464 e. The molecular formula is C18H27NO. The van der Waals surface area contributed by atoms with Crippen molar-refractivity contribution in [1.82, 2.24) is 5.32 Å². The van der Waals surface area contributed by atoms with Crippen LogP contribution in [0.2, 0.25) is 0 Å². The normalized spacial score (nSPS) is 13.8. The summed E-state index contributed by atoms with van der Waals surface area (Å²) in [5.74, 6) is 0.606. The Bertz CT molecular complexity index is 562. The Labute approximate surface area is 122 Å². The largest absolute Gasteiger partial charge is 0.464 e. The number of fused-ring (bicyclic) bond motifs is 1. The molecule has 0 aliphatic heterocycles. The molecule has 0 aliphatic carbocycles. The monoisotopic (exact) mass is 273 g/mol. The number of hydrogen-bond acceptors (Lipinski definition) is 2. The minimum atomic E-state index is 0.168. The van der Waals surface area contributed by atoms with Gasteiger partial charge in [-0.2, -0.15) is 0 Å². The van der Waals surface area contributed by atoms with Gasteiger partial charge < -0.3 is 9.73 Å². The van der Waals surface area contributed by atoms with Gasteiger partial charge in [-0.25, -0.2) is 0 Å². The van der Waals surface area contributed by atoms with Crippen LogP contribution in [0, 0.1) is 0 Å². The first-order valence-corrected chi connectivity index (χ1v) is 7.66. The van der Waals surface area contributed by atoms with E-state index in [9.17, 15) is 0 Å². The van der Waals surface area contributed by atoms with Crippen LogP contribution >= 0.6 is 0 Å². The summed E-state index contributed by atoms with van der Waals surface area (Å²) in [6, 6.07) is 6.61. The van der Waals surface area contributed by atoms with Crippen LogP contribution in [0.25, 0.3) is 11.0 Å². The highest BCUT2D eigenvalue weighted by molar-refractivity contribution is 5.82. The third-order valence-electron chi connectivity index (χ3n) is 3.91. The molecule has 110 valence electrons. The predicted octanol–water partition coefficient (Wildman–Crippen LogP) is 4.88. The fourth-order valence-corrected chi connectivity index (χ4v) is 2.41. The number of nitrogens with one attached hydrogen (secondary N) is 1. The molecule has 0 aliphatic rings. The van der Waals surface area contributed by atoms with Crippen molar-refractivity contribution in [1.29, 1.82) is 0 Å². The Morgan fingerprint density at radius 2 is 2.00 bits per heavy atom. The van der Waals surface area contributed by atoms with Gasteiger partial charge in [0.1, 0.15) is 5.58 Å². The maximum absolute atomic E-state index is 5.67. The lowest BCUT2D eigenvalue weighted by atomic mass is 9.96. The summed E-state index contributed by atoms with van der Waals surface area (Å²) in [6.45, 7) is 12.1. The molecule has 0 saturated carbocycles. The first-order valence-electron chi connectivity index (χ1n) is 7.66. The Kier molecular flexibility index (Phi) is 4.54. The van der Waals surface area contributed by atoms with Crippen molar-refractivity contribution in [2.24, 2.45) is 0 Å². The Morgan fingerprint density at radius 3 is 2.65 bits per heavy atom. The molecule has 2 rings (SSSR count). The van der Waals surface area contributed by atoms with E-state index in [0.717, 1.165) is 18.5 Å². The molecule has 0 fully saturated rings. The van der Waals surface area contributed by atoms with E-state index in [1.54, 1.807) is 0 Å². The number of benzene rings is 1. The molecule has 0 bridgehead atoms. The van der Waals surface area contributed by atoms with Gasteiger partial charge in [0.25, 0.3) is 0 Å². The molecule has 2 heteroatoms. The van der Waals surface area contributed by atoms with Crippen LogP contribution < -0.4 is 5.32 Å². The van der Waals surface area contributed by atoms with Gasteiger partial charge in [0.15, 0.2) is 0 Å². The fourth-order valence-electron chi connectivity index (χ4n) is 2.41. The van der Waals surface area contributed by atoms with Crippen molar-refractivity contribution in [3.05, 3.63) is 35.6 Å². The Morgan fingerprint density at radius 1 is 1.25 bits per heavy atom. The van der Waals surface area contributed by atoms with Crippen molar-refractivity contribution in [3.63, 3.8) is 0 Å². The van der Waals surface area contributed by atoms with Gasteiger partial charge in [0.05, 0.1) is 6.26 Å². The molecular weight excluding hydrogens is 246 g/mol. The fraction of sp³-hybridized carbons (Fsp3) is 0.556. The predicted molar refractivity (Wildman–Crippen MR) is 86.4 cm³/mol. The van der Waals surface area contributed by atoms with E-state index in [0.29, 0.717) is 5.92 Å². The van der Waals surface area contributed by atoms with Crippen LogP contribution in [0.4, 0.5) is 0 Å². The summed E-state index contributed by atoms with van der Waals surface area (Å²) in [4.78, 5) is 0. The van der Waals surface area contributed by atoms with E-state index in [4.69, 9.17) is 4.42 Å². The molecule has 1 N–H and O–H groups in total. The summed E-state index contributed by atoms with van der Waals surface area (Å²) in [7, 11) is 0. The lowest BCUT2D eigenvalue weighted by Crippen LogP contribution is -2.37. The van der Waals surface area contributed by atoms with Gasteiger partial charge >= 0.3 is 0 Å². The molecule has 1 aromatic heterocycles. The van der Waals surface area contributed by atoms with Crippen LogP contribution in [0.3, 0.4) is 0 Å². The summed E-state index contributed by atoms with van der Waals surface area (Å²) >= 11 is 0. The van der Waals surface area contributed by atoms with E-state index >= 15 is 0 Å². The van der Waals surface area contributed by atoms with E-state index in [-0.39, 0.29) is 5.54 Å². The van der Waals surface area contributed by atoms with Crippen molar-refractivity contribution in [2.45, 2.75) is 58.9 Å². The average Bonchev–Trinajstić information content (AvgIpc) is 2.79. The van der Waals surface area contributed by atoms with Crippen LogP contribution in [0.1, 0.15) is 58.1 Å². The van der Waals surface area contributed by atoms with Gasteiger partial charge in [-0.15, -0.1) is 0 Å². The second-order valence-corrected chi connectivity index (χ2v) is 6.75. The molecule has 0 radical (unpaired) electrons. The molecule has 20 heavy (non-hydrogen) atoms. The standard InChI is InChI=1S/C18H27NO/c1-6-13(2)14-7-8-17-16(11-14)15(12-20-17)9-10-19-18(3,4)5/h7-8,11-13,19H,6,9-10H2,1-5H3. The molecule has 2 aromatic rings. The number of hydrogen-bond donors (Lipinski definition) is 1. The molecule has 2 nitrogen and oxygen atoms in total. The Hall–Kier alpha value is -1.28. The highest BCUT2D eigenvalue weighted by Crippen LogP contribution is 2.27. The van der Waals surface area contributed by atoms with Gasteiger partial charge in [-0.05, 0) is 69.3 Å². The average molecular weight is 273 g/mol. The van der Waals surface area contributed by atoms with E-state index in [1.807, 2.05) is 6.26 Å². The molecule has 0 spiro atoms. The summed E-state index contributed by atoms with van der Waals surface area (Å²) in [5, 5.41) is 4.81. The van der Waals surface area contributed by atoms with Crippen LogP contribution in [-0.4, -0.2) is 12.1 Å². The van der Waals surface area contributed by atoms with E-state index in [1.165, 1.54) is 22.9 Å². The summed E-state index contributed by atoms with van der Waals surface area (Å²) in [6.07, 6.45) is 4.09. The summed E-state index contributed by atoms with van der Waals surface area (Å²) in [5.41, 5.74) is 3.89. The highest BCUT2D eigenvalue weighted by atomic mass is 16.3. The second-order valence-electron chi connectivity index (χ2n) is 6.75. The lowest BCUT2D eigenvalue weighted by Gasteiger charge is -2.20. The maximum atomic E-state index is 5.67. The number of rotatable bonds is 5. The third-order valence-corrected chi connectivity index (χ3v) is 3.91. The van der Waals surface area contributed by atoms with Crippen molar-refractivity contribution in [2.75, 3.05) is 6.54 Å². The molecule has 1 aromatic carbocycles. The van der Waals surface area contributed by atoms with Crippen LogP contribution in [-0.2, 0) is 6.42 Å². The van der Waals surface area contributed by atoms with E-state index < -0.39 is 0 Å². The summed E-state index contributed by atoms with van der Waals surface area (Å²) < 4.78 is 5.67. The van der Waals surface area contributed by atoms with Gasteiger partial charge in [-0.1, -0.05) is 19.9 Å². The van der Waals surface area contributed by atoms with Crippen molar-refractivity contribution in [3.8, 4) is 0 Å². The quantitative estimate of drug-likeness (QED) is 0.840. The maximum Gasteiger partial charge on any atom is 0.134 e. The zero-order chi connectivity index (χ0) is 14.8. The minimum absolute atomic E-state index is 0.168. The number of furan rings is 1. The third kappa shape index (κ3) is 3.63. The first-order chi connectivity index (χ1) is 9.40. The van der Waals surface area contributed by atoms with Gasteiger partial charge in [-0.3, -0.25) is 0 Å². The van der Waals surface area contributed by atoms with Crippen molar-refractivity contribution < 1.29 is 4.42 Å². The van der Waals surface area contributed by atoms with Crippen LogP contribution in [0.5, 0.6) is 0 Å². The van der Waals surface area contributed by atoms with Gasteiger partial charge in [0, 0.05) is 10.9 Å². The smallest absolute Gasteiger partial charge is 0.134 e. The molecule has 0 amide bonds.